The fourth-order valence-electron chi connectivity index (χ4n) is 1.12. The van der Waals surface area contributed by atoms with E-state index in [0.29, 0.717) is 0 Å². The summed E-state index contributed by atoms with van der Waals surface area (Å²) in [6.07, 6.45) is 1.81. The quantitative estimate of drug-likeness (QED) is 0.813. The minimum Gasteiger partial charge on any atom is -0.459 e. The summed E-state index contributed by atoms with van der Waals surface area (Å²) in [4.78, 5) is 5.07. The van der Waals surface area contributed by atoms with Crippen LogP contribution in [-0.2, 0) is 6.54 Å². The first-order valence-electron chi connectivity index (χ1n) is 4.02. The maximum Gasteiger partial charge on any atom is 0.145 e. The average Bonchev–Trinajstić information content (AvgIpc) is 2.70. The smallest absolute Gasteiger partial charge is 0.145 e. The van der Waals surface area contributed by atoms with E-state index in [1.54, 1.807) is 16.8 Å². The lowest BCUT2D eigenvalue weighted by Crippen LogP contribution is -2.03. The van der Waals surface area contributed by atoms with Gasteiger partial charge in [0.25, 0.3) is 0 Å². The van der Waals surface area contributed by atoms with Gasteiger partial charge in [0, 0.05) is 6.20 Å². The minimum atomic E-state index is 0.763. The van der Waals surface area contributed by atoms with Crippen molar-refractivity contribution in [1.82, 2.24) is 10.3 Å². The molecule has 0 aliphatic rings. The van der Waals surface area contributed by atoms with E-state index >= 15 is 0 Å². The summed E-state index contributed by atoms with van der Waals surface area (Å²) in [5, 5.41) is 3.04. The molecule has 2 heterocycles. The van der Waals surface area contributed by atoms with Crippen molar-refractivity contribution in [2.75, 3.05) is 7.05 Å². The normalized spacial score (nSPS) is 10.5. The Balaban J connectivity index is 2.23. The van der Waals surface area contributed by atoms with Crippen LogP contribution in [0.2, 0.25) is 0 Å². The van der Waals surface area contributed by atoms with E-state index in [0.717, 1.165) is 22.9 Å². The van der Waals surface area contributed by atoms with Crippen LogP contribution in [0.4, 0.5) is 0 Å². The van der Waals surface area contributed by atoms with E-state index in [4.69, 9.17) is 4.42 Å². The predicted molar refractivity (Wildman–Crippen MR) is 52.6 cm³/mol. The molecule has 0 bridgehead atoms. The Bertz CT molecular complexity index is 367. The fraction of sp³-hybridized carbons (Fsp3) is 0.222. The maximum atomic E-state index is 5.58. The number of hydrogen-bond acceptors (Lipinski definition) is 4. The molecule has 0 amide bonds. The van der Waals surface area contributed by atoms with Gasteiger partial charge in [-0.15, -0.1) is 11.3 Å². The van der Waals surface area contributed by atoms with Crippen LogP contribution in [0.25, 0.3) is 10.6 Å². The zero-order valence-corrected chi connectivity index (χ0v) is 8.10. The number of nitrogens with one attached hydrogen (secondary N) is 1. The number of nitrogens with zero attached hydrogens (tertiary/aromatic N) is 1. The van der Waals surface area contributed by atoms with Gasteiger partial charge in [-0.05, 0) is 19.2 Å². The van der Waals surface area contributed by atoms with Gasteiger partial charge in [-0.3, -0.25) is 4.98 Å². The van der Waals surface area contributed by atoms with Crippen LogP contribution in [0.3, 0.4) is 0 Å². The van der Waals surface area contributed by atoms with E-state index < -0.39 is 0 Å². The Labute approximate surface area is 80.4 Å². The van der Waals surface area contributed by atoms with Crippen molar-refractivity contribution in [2.45, 2.75) is 6.54 Å². The van der Waals surface area contributed by atoms with E-state index in [1.165, 1.54) is 0 Å². The lowest BCUT2D eigenvalue weighted by atomic mass is 10.4. The van der Waals surface area contributed by atoms with Crippen LogP contribution in [0.1, 0.15) is 5.76 Å². The van der Waals surface area contributed by atoms with Crippen LogP contribution in [0, 0.1) is 0 Å². The van der Waals surface area contributed by atoms with E-state index in [1.807, 2.05) is 25.4 Å². The highest BCUT2D eigenvalue weighted by Gasteiger charge is 2.04. The van der Waals surface area contributed by atoms with Gasteiger partial charge < -0.3 is 9.73 Å². The van der Waals surface area contributed by atoms with Gasteiger partial charge >= 0.3 is 0 Å². The molecule has 3 nitrogen and oxygen atoms in total. The third kappa shape index (κ3) is 1.79. The first-order chi connectivity index (χ1) is 6.40. The molecular weight excluding hydrogens is 184 g/mol. The maximum absolute atomic E-state index is 5.58. The summed E-state index contributed by atoms with van der Waals surface area (Å²) in [5.74, 6) is 1.85. The molecule has 0 fully saturated rings. The molecule has 2 aromatic heterocycles. The van der Waals surface area contributed by atoms with Gasteiger partial charge in [-0.25, -0.2) is 0 Å². The van der Waals surface area contributed by atoms with E-state index in [2.05, 4.69) is 10.3 Å². The molecule has 0 aliphatic carbocycles. The molecule has 4 heteroatoms. The van der Waals surface area contributed by atoms with Crippen LogP contribution in [0.15, 0.2) is 28.3 Å². The molecular formula is C9H10N2OS. The molecule has 0 radical (unpaired) electrons. The molecule has 0 aliphatic heterocycles. The third-order valence-corrected chi connectivity index (χ3v) is 2.48. The Kier molecular flexibility index (Phi) is 2.42. The topological polar surface area (TPSA) is 38.1 Å². The summed E-state index contributed by atoms with van der Waals surface area (Å²) in [6, 6.07) is 3.95. The number of thiazole rings is 1. The van der Waals surface area contributed by atoms with Crippen LogP contribution in [-0.4, -0.2) is 12.0 Å². The summed E-state index contributed by atoms with van der Waals surface area (Å²) < 4.78 is 5.58. The number of hydrogen-bond donors (Lipinski definition) is 1. The van der Waals surface area contributed by atoms with Gasteiger partial charge in [-0.1, -0.05) is 0 Å². The summed E-state index contributed by atoms with van der Waals surface area (Å²) >= 11 is 1.58. The second-order valence-corrected chi connectivity index (χ2v) is 3.55. The highest BCUT2D eigenvalue weighted by Crippen LogP contribution is 2.24. The van der Waals surface area contributed by atoms with Gasteiger partial charge in [0.15, 0.2) is 0 Å². The van der Waals surface area contributed by atoms with Gasteiger partial charge in [-0.2, -0.15) is 0 Å². The van der Waals surface area contributed by atoms with Crippen molar-refractivity contribution in [2.24, 2.45) is 0 Å². The highest BCUT2D eigenvalue weighted by molar-refractivity contribution is 7.13. The lowest BCUT2D eigenvalue weighted by Gasteiger charge is -1.92. The molecule has 2 rings (SSSR count). The van der Waals surface area contributed by atoms with Crippen LogP contribution in [0.5, 0.6) is 0 Å². The van der Waals surface area contributed by atoms with Crippen molar-refractivity contribution < 1.29 is 4.42 Å². The molecule has 68 valence electrons. The molecule has 1 N–H and O–H groups in total. The number of aromatic nitrogens is 1. The molecule has 13 heavy (non-hydrogen) atoms. The Morgan fingerprint density at radius 3 is 3.15 bits per heavy atom. The summed E-state index contributed by atoms with van der Waals surface area (Å²) in [7, 11) is 1.90. The van der Waals surface area contributed by atoms with Crippen molar-refractivity contribution in [1.29, 1.82) is 0 Å². The predicted octanol–water partition coefficient (Wildman–Crippen LogP) is 2.12. The molecule has 2 aromatic rings. The number of furan rings is 1. The van der Waals surface area contributed by atoms with Crippen LogP contribution < -0.4 is 5.32 Å². The fourth-order valence-corrected chi connectivity index (χ4v) is 1.70. The van der Waals surface area contributed by atoms with Crippen molar-refractivity contribution in [3.63, 3.8) is 0 Å². The molecule has 0 unspecified atom stereocenters. The minimum absolute atomic E-state index is 0.763. The molecule has 0 saturated heterocycles. The SMILES string of the molecule is CNCc1ccc(-c2cncs2)o1. The van der Waals surface area contributed by atoms with Gasteiger partial charge in [0.05, 0.1) is 16.9 Å². The highest BCUT2D eigenvalue weighted by atomic mass is 32.1. The Hall–Kier alpha value is -1.13. The first-order valence-corrected chi connectivity index (χ1v) is 4.90. The van der Waals surface area contributed by atoms with Crippen LogP contribution >= 0.6 is 11.3 Å². The zero-order chi connectivity index (χ0) is 9.10. The molecule has 0 saturated carbocycles. The molecule has 0 aromatic carbocycles. The monoisotopic (exact) mass is 194 g/mol. The van der Waals surface area contributed by atoms with Gasteiger partial charge in [0.2, 0.25) is 0 Å². The third-order valence-electron chi connectivity index (χ3n) is 1.69. The Morgan fingerprint density at radius 1 is 1.54 bits per heavy atom. The van der Waals surface area contributed by atoms with Gasteiger partial charge in [0.1, 0.15) is 11.5 Å². The first kappa shape index (κ1) is 8.47. The second-order valence-electron chi connectivity index (χ2n) is 2.66. The summed E-state index contributed by atoms with van der Waals surface area (Å²) in [6.45, 7) is 0.763. The second kappa shape index (κ2) is 3.72. The number of rotatable bonds is 3. The van der Waals surface area contributed by atoms with E-state index in [9.17, 15) is 0 Å². The lowest BCUT2D eigenvalue weighted by molar-refractivity contribution is 0.508. The van der Waals surface area contributed by atoms with Crippen molar-refractivity contribution in [3.8, 4) is 10.6 Å². The van der Waals surface area contributed by atoms with Crippen molar-refractivity contribution in [3.05, 3.63) is 29.6 Å². The average molecular weight is 194 g/mol. The molecule has 0 spiro atoms. The zero-order valence-electron chi connectivity index (χ0n) is 7.28. The van der Waals surface area contributed by atoms with E-state index in [-0.39, 0.29) is 0 Å². The molecule has 0 atom stereocenters. The standard InChI is InChI=1S/C9H10N2OS/c1-10-4-7-2-3-8(12-7)9-5-11-6-13-9/h2-3,5-6,10H,4H2,1H3. The summed E-state index contributed by atoms with van der Waals surface area (Å²) in [5.41, 5.74) is 1.80. The Morgan fingerprint density at radius 2 is 2.46 bits per heavy atom. The van der Waals surface area contributed by atoms with Crippen molar-refractivity contribution >= 4 is 11.3 Å². The largest absolute Gasteiger partial charge is 0.459 e.